The van der Waals surface area contributed by atoms with Gasteiger partial charge in [-0.05, 0) is 30.9 Å². The largest absolute Gasteiger partial charge is 0.384 e. The summed E-state index contributed by atoms with van der Waals surface area (Å²) in [5.41, 5.74) is 5.01. The molecular formula is C22H31N3O3. The van der Waals surface area contributed by atoms with Crippen LogP contribution in [0.3, 0.4) is 0 Å². The van der Waals surface area contributed by atoms with E-state index >= 15 is 0 Å². The summed E-state index contributed by atoms with van der Waals surface area (Å²) in [5, 5.41) is 8.75. The Labute approximate surface area is 166 Å². The molecular weight excluding hydrogens is 354 g/mol. The number of nitrogens with one attached hydrogen (secondary N) is 3. The fraction of sp³-hybridized carbons (Fsp3) is 0.591. The van der Waals surface area contributed by atoms with Crippen LogP contribution in [0.1, 0.15) is 86.7 Å². The van der Waals surface area contributed by atoms with Crippen LogP contribution in [0, 0.1) is 0 Å². The number of amides is 3. The van der Waals surface area contributed by atoms with Crippen molar-refractivity contribution in [3.63, 3.8) is 0 Å². The highest BCUT2D eigenvalue weighted by molar-refractivity contribution is 6.00. The third-order valence-corrected chi connectivity index (χ3v) is 5.98. The first kappa shape index (κ1) is 20.4. The van der Waals surface area contributed by atoms with Gasteiger partial charge in [0, 0.05) is 48.2 Å². The van der Waals surface area contributed by atoms with Crippen LogP contribution in [0.15, 0.2) is 12.1 Å². The van der Waals surface area contributed by atoms with Crippen molar-refractivity contribution in [1.29, 1.82) is 0 Å². The van der Waals surface area contributed by atoms with Gasteiger partial charge in [-0.25, -0.2) is 0 Å². The van der Waals surface area contributed by atoms with Crippen LogP contribution >= 0.6 is 0 Å². The molecule has 28 heavy (non-hydrogen) atoms. The molecule has 4 rings (SSSR count). The maximum atomic E-state index is 11.8. The molecule has 0 radical (unpaired) electrons. The maximum Gasteiger partial charge on any atom is 0.251 e. The Morgan fingerprint density at radius 2 is 1.71 bits per heavy atom. The lowest BCUT2D eigenvalue weighted by atomic mass is 9.74. The molecule has 1 unspecified atom stereocenters. The highest BCUT2D eigenvalue weighted by Crippen LogP contribution is 2.46. The van der Waals surface area contributed by atoms with Crippen LogP contribution in [-0.2, 0) is 21.5 Å². The van der Waals surface area contributed by atoms with Crippen molar-refractivity contribution >= 4 is 23.4 Å². The normalized spacial score (nSPS) is 22.4. The van der Waals surface area contributed by atoms with Crippen molar-refractivity contribution in [2.24, 2.45) is 0 Å². The predicted octanol–water partition coefficient (Wildman–Crippen LogP) is 3.40. The average molecular weight is 386 g/mol. The summed E-state index contributed by atoms with van der Waals surface area (Å²) in [6.07, 6.45) is 7.92. The summed E-state index contributed by atoms with van der Waals surface area (Å²) in [4.78, 5) is 32.5. The van der Waals surface area contributed by atoms with E-state index in [-0.39, 0.29) is 23.1 Å². The number of anilines is 1. The lowest BCUT2D eigenvalue weighted by molar-refractivity contribution is -0.132. The van der Waals surface area contributed by atoms with E-state index < -0.39 is 0 Å². The predicted molar refractivity (Wildman–Crippen MR) is 109 cm³/mol. The second-order valence-electron chi connectivity index (χ2n) is 8.01. The number of imide groups is 1. The molecule has 1 atom stereocenters. The zero-order valence-electron chi connectivity index (χ0n) is 17.0. The Kier molecular flexibility index (Phi) is 6.37. The van der Waals surface area contributed by atoms with Gasteiger partial charge < -0.3 is 10.6 Å². The number of rotatable bonds is 5. The Balaban J connectivity index is 0.000000236. The van der Waals surface area contributed by atoms with Crippen LogP contribution in [0.2, 0.25) is 0 Å². The Morgan fingerprint density at radius 3 is 2.32 bits per heavy atom. The third kappa shape index (κ3) is 4.05. The van der Waals surface area contributed by atoms with E-state index in [9.17, 15) is 14.4 Å². The summed E-state index contributed by atoms with van der Waals surface area (Å²) in [6, 6.07) is 4.23. The summed E-state index contributed by atoms with van der Waals surface area (Å²) in [6.45, 7) is 6.24. The minimum atomic E-state index is -0.138. The van der Waals surface area contributed by atoms with E-state index in [0.717, 1.165) is 12.1 Å². The second-order valence-corrected chi connectivity index (χ2v) is 8.01. The number of fused-ring (bicyclic) bond motifs is 3. The van der Waals surface area contributed by atoms with E-state index in [1.54, 1.807) is 0 Å². The van der Waals surface area contributed by atoms with E-state index in [4.69, 9.17) is 0 Å². The topological polar surface area (TPSA) is 87.3 Å². The number of unbranched alkanes of at least 4 members (excludes halogenated alkanes) is 1. The SMILES string of the molecule is CCCCC1(CCC)CNc2c1ccc1c2CNC1=O.O=C1CCCC(=O)N1. The Morgan fingerprint density at radius 1 is 0.964 bits per heavy atom. The lowest BCUT2D eigenvalue weighted by Crippen LogP contribution is -2.33. The van der Waals surface area contributed by atoms with Crippen LogP contribution < -0.4 is 16.0 Å². The van der Waals surface area contributed by atoms with Gasteiger partial charge in [0.15, 0.2) is 0 Å². The minimum absolute atomic E-state index is 0.0751. The first-order chi connectivity index (χ1) is 13.5. The molecule has 3 N–H and O–H groups in total. The molecule has 0 aliphatic carbocycles. The molecule has 3 aliphatic rings. The van der Waals surface area contributed by atoms with Crippen molar-refractivity contribution in [3.05, 3.63) is 28.8 Å². The molecule has 1 saturated heterocycles. The molecule has 152 valence electrons. The molecule has 0 aromatic heterocycles. The summed E-state index contributed by atoms with van der Waals surface area (Å²) in [7, 11) is 0. The van der Waals surface area contributed by atoms with E-state index in [1.165, 1.54) is 48.9 Å². The molecule has 0 saturated carbocycles. The van der Waals surface area contributed by atoms with Crippen molar-refractivity contribution in [2.75, 3.05) is 11.9 Å². The maximum absolute atomic E-state index is 11.8. The summed E-state index contributed by atoms with van der Waals surface area (Å²) >= 11 is 0. The van der Waals surface area contributed by atoms with E-state index in [1.807, 2.05) is 6.07 Å². The number of carbonyl (C=O) groups excluding carboxylic acids is 3. The Hall–Kier alpha value is -2.37. The molecule has 1 aromatic carbocycles. The van der Waals surface area contributed by atoms with Gasteiger partial charge in [-0.3, -0.25) is 19.7 Å². The molecule has 3 aliphatic heterocycles. The zero-order chi connectivity index (χ0) is 20.1. The van der Waals surface area contributed by atoms with Gasteiger partial charge in [-0.1, -0.05) is 39.2 Å². The van der Waals surface area contributed by atoms with Gasteiger partial charge in [0.1, 0.15) is 0 Å². The average Bonchev–Trinajstić information content (AvgIpc) is 3.22. The number of carbonyl (C=O) groups is 3. The lowest BCUT2D eigenvalue weighted by Gasteiger charge is -2.29. The van der Waals surface area contributed by atoms with Gasteiger partial charge >= 0.3 is 0 Å². The van der Waals surface area contributed by atoms with Crippen molar-refractivity contribution in [3.8, 4) is 0 Å². The zero-order valence-corrected chi connectivity index (χ0v) is 17.0. The molecule has 0 bridgehead atoms. The molecule has 6 nitrogen and oxygen atoms in total. The highest BCUT2D eigenvalue weighted by Gasteiger charge is 2.40. The van der Waals surface area contributed by atoms with Crippen molar-refractivity contribution in [2.45, 2.75) is 77.2 Å². The van der Waals surface area contributed by atoms with Crippen LogP contribution in [0.4, 0.5) is 5.69 Å². The van der Waals surface area contributed by atoms with Gasteiger partial charge in [0.25, 0.3) is 5.91 Å². The fourth-order valence-corrected chi connectivity index (χ4v) is 4.56. The van der Waals surface area contributed by atoms with E-state index in [0.29, 0.717) is 25.8 Å². The summed E-state index contributed by atoms with van der Waals surface area (Å²) < 4.78 is 0. The first-order valence-corrected chi connectivity index (χ1v) is 10.5. The Bertz CT molecular complexity index is 761. The number of hydrogen-bond acceptors (Lipinski definition) is 4. The third-order valence-electron chi connectivity index (χ3n) is 5.98. The van der Waals surface area contributed by atoms with E-state index in [2.05, 4.69) is 35.9 Å². The molecule has 1 fully saturated rings. The van der Waals surface area contributed by atoms with Gasteiger partial charge in [0.2, 0.25) is 11.8 Å². The second kappa shape index (κ2) is 8.76. The van der Waals surface area contributed by atoms with Gasteiger partial charge in [0.05, 0.1) is 0 Å². The number of hydrogen-bond donors (Lipinski definition) is 3. The van der Waals surface area contributed by atoms with Crippen LogP contribution in [0.25, 0.3) is 0 Å². The fourth-order valence-electron chi connectivity index (χ4n) is 4.56. The highest BCUT2D eigenvalue weighted by atomic mass is 16.2. The molecule has 0 spiro atoms. The van der Waals surface area contributed by atoms with Gasteiger partial charge in [-0.2, -0.15) is 0 Å². The molecule has 3 heterocycles. The number of benzene rings is 1. The first-order valence-electron chi connectivity index (χ1n) is 10.5. The number of piperidine rings is 1. The van der Waals surface area contributed by atoms with Crippen molar-refractivity contribution in [1.82, 2.24) is 10.6 Å². The molecule has 3 amide bonds. The quantitative estimate of drug-likeness (QED) is 0.678. The van der Waals surface area contributed by atoms with Crippen molar-refractivity contribution < 1.29 is 14.4 Å². The van der Waals surface area contributed by atoms with Crippen LogP contribution in [0.5, 0.6) is 0 Å². The molecule has 1 aromatic rings. The van der Waals surface area contributed by atoms with Crippen LogP contribution in [-0.4, -0.2) is 24.3 Å². The van der Waals surface area contributed by atoms with Gasteiger partial charge in [-0.15, -0.1) is 0 Å². The monoisotopic (exact) mass is 385 g/mol. The standard InChI is InChI=1S/C17H24N2O.C5H7NO2/c1-3-5-9-17(8-4-2)11-19-15-13-10-18-16(20)12(13)6-7-14(15)17;7-4-2-1-3-5(8)6-4/h6-7,19H,3-5,8-11H2,1-2H3,(H,18,20);1-3H2,(H,6,7,8). The minimum Gasteiger partial charge on any atom is -0.384 e. The smallest absolute Gasteiger partial charge is 0.251 e. The summed E-state index contributed by atoms with van der Waals surface area (Å²) in [5.74, 6) is -0.200. The molecule has 6 heteroatoms.